The minimum Gasteiger partial charge on any atom is -0.506 e. The van der Waals surface area contributed by atoms with Gasteiger partial charge < -0.3 is 14.8 Å². The Morgan fingerprint density at radius 3 is 2.59 bits per heavy atom. The van der Waals surface area contributed by atoms with Gasteiger partial charge in [0.2, 0.25) is 0 Å². The minimum absolute atomic E-state index is 0.0413. The lowest BCUT2D eigenvalue weighted by Crippen LogP contribution is -2.13. The van der Waals surface area contributed by atoms with Crippen LogP contribution in [0.2, 0.25) is 0 Å². The van der Waals surface area contributed by atoms with Gasteiger partial charge in [0.15, 0.2) is 0 Å². The van der Waals surface area contributed by atoms with Crippen molar-refractivity contribution in [3.8, 4) is 5.75 Å². The summed E-state index contributed by atoms with van der Waals surface area (Å²) in [7, 11) is 0. The van der Waals surface area contributed by atoms with Crippen molar-refractivity contribution in [3.63, 3.8) is 0 Å². The fourth-order valence-electron chi connectivity index (χ4n) is 1.68. The number of aromatic hydroxyl groups is 1. The van der Waals surface area contributed by atoms with Crippen LogP contribution in [0.1, 0.15) is 21.7 Å². The molecule has 17 heavy (non-hydrogen) atoms. The number of anilines is 1. The van der Waals surface area contributed by atoms with Crippen molar-refractivity contribution in [3.05, 3.63) is 47.4 Å². The molecule has 2 rings (SSSR count). The Balaban J connectivity index is 2.27. The summed E-state index contributed by atoms with van der Waals surface area (Å²) >= 11 is 0. The lowest BCUT2D eigenvalue weighted by molar-refractivity contribution is 0.102. The molecule has 1 amide bonds. The van der Waals surface area contributed by atoms with Crippen molar-refractivity contribution in [2.45, 2.75) is 13.8 Å². The Bertz CT molecular complexity index is 538. The average molecular weight is 231 g/mol. The van der Waals surface area contributed by atoms with Crippen molar-refractivity contribution in [2.75, 3.05) is 5.32 Å². The van der Waals surface area contributed by atoms with Crippen LogP contribution in [0.3, 0.4) is 0 Å². The third-order valence-electron chi connectivity index (χ3n) is 2.54. The van der Waals surface area contributed by atoms with Crippen molar-refractivity contribution in [1.82, 2.24) is 0 Å². The fraction of sp³-hybridized carbons (Fsp3) is 0.154. The topological polar surface area (TPSA) is 62.5 Å². The van der Waals surface area contributed by atoms with E-state index in [1.807, 2.05) is 0 Å². The molecule has 0 aliphatic carbocycles. The standard InChI is InChI=1S/C13H13NO3/c1-8-7-17-9(2)12(8)13(16)14-10-5-3-4-6-11(10)15/h3-7,15H,1-2H3,(H,14,16). The van der Waals surface area contributed by atoms with E-state index in [1.54, 1.807) is 32.0 Å². The Morgan fingerprint density at radius 1 is 1.29 bits per heavy atom. The highest BCUT2D eigenvalue weighted by Crippen LogP contribution is 2.24. The number of rotatable bonds is 2. The van der Waals surface area contributed by atoms with Gasteiger partial charge in [0.1, 0.15) is 11.5 Å². The highest BCUT2D eigenvalue weighted by atomic mass is 16.3. The highest BCUT2D eigenvalue weighted by molar-refractivity contribution is 6.06. The normalized spacial score (nSPS) is 10.2. The largest absolute Gasteiger partial charge is 0.506 e. The lowest BCUT2D eigenvalue weighted by Gasteiger charge is -2.06. The molecule has 1 aromatic carbocycles. The maximum atomic E-state index is 12.0. The third kappa shape index (κ3) is 2.15. The first kappa shape index (κ1) is 11.3. The number of benzene rings is 1. The third-order valence-corrected chi connectivity index (χ3v) is 2.54. The van der Waals surface area contributed by atoms with Gasteiger partial charge in [-0.15, -0.1) is 0 Å². The zero-order chi connectivity index (χ0) is 12.4. The van der Waals surface area contributed by atoms with E-state index in [2.05, 4.69) is 5.32 Å². The quantitative estimate of drug-likeness (QED) is 0.781. The van der Waals surface area contributed by atoms with Gasteiger partial charge in [-0.3, -0.25) is 4.79 Å². The summed E-state index contributed by atoms with van der Waals surface area (Å²) in [6, 6.07) is 6.59. The van der Waals surface area contributed by atoms with Crippen LogP contribution in [0.15, 0.2) is 34.9 Å². The van der Waals surface area contributed by atoms with Crippen LogP contribution in [-0.2, 0) is 0 Å². The Labute approximate surface area is 98.9 Å². The van der Waals surface area contributed by atoms with E-state index in [4.69, 9.17) is 4.42 Å². The Kier molecular flexibility index (Phi) is 2.87. The van der Waals surface area contributed by atoms with E-state index in [-0.39, 0.29) is 11.7 Å². The smallest absolute Gasteiger partial charge is 0.259 e. The first-order valence-corrected chi connectivity index (χ1v) is 5.23. The second kappa shape index (κ2) is 4.33. The lowest BCUT2D eigenvalue weighted by atomic mass is 10.1. The number of phenolic OH excluding ortho intramolecular Hbond substituents is 1. The number of hydrogen-bond donors (Lipinski definition) is 2. The van der Waals surface area contributed by atoms with Crippen LogP contribution in [-0.4, -0.2) is 11.0 Å². The highest BCUT2D eigenvalue weighted by Gasteiger charge is 2.16. The molecule has 1 heterocycles. The molecule has 88 valence electrons. The van der Waals surface area contributed by atoms with E-state index < -0.39 is 0 Å². The Hall–Kier alpha value is -2.23. The van der Waals surface area contributed by atoms with E-state index >= 15 is 0 Å². The van der Waals surface area contributed by atoms with Crippen LogP contribution in [0.4, 0.5) is 5.69 Å². The molecule has 4 nitrogen and oxygen atoms in total. The minimum atomic E-state index is -0.282. The summed E-state index contributed by atoms with van der Waals surface area (Å²) in [5.74, 6) is 0.324. The maximum absolute atomic E-state index is 12.0. The van der Waals surface area contributed by atoms with E-state index in [0.29, 0.717) is 17.0 Å². The number of phenols is 1. The number of carbonyl (C=O) groups excluding carboxylic acids is 1. The maximum Gasteiger partial charge on any atom is 0.259 e. The second-order valence-corrected chi connectivity index (χ2v) is 3.82. The number of furan rings is 1. The monoisotopic (exact) mass is 231 g/mol. The van der Waals surface area contributed by atoms with Gasteiger partial charge in [-0.05, 0) is 26.0 Å². The van der Waals surface area contributed by atoms with Crippen molar-refractivity contribution in [1.29, 1.82) is 0 Å². The van der Waals surface area contributed by atoms with Crippen molar-refractivity contribution >= 4 is 11.6 Å². The van der Waals surface area contributed by atoms with Gasteiger partial charge in [0.25, 0.3) is 5.91 Å². The van der Waals surface area contributed by atoms with E-state index in [9.17, 15) is 9.90 Å². The first-order chi connectivity index (χ1) is 8.09. The molecular formula is C13H13NO3. The molecule has 0 bridgehead atoms. The number of nitrogens with one attached hydrogen (secondary N) is 1. The molecule has 0 aliphatic heterocycles. The van der Waals surface area contributed by atoms with Gasteiger partial charge in [0, 0.05) is 5.56 Å². The molecule has 2 aromatic rings. The molecule has 0 unspecified atom stereocenters. The predicted molar refractivity (Wildman–Crippen MR) is 64.2 cm³/mol. The molecule has 0 radical (unpaired) electrons. The second-order valence-electron chi connectivity index (χ2n) is 3.82. The molecule has 1 aromatic heterocycles. The molecule has 0 aliphatic rings. The van der Waals surface area contributed by atoms with Gasteiger partial charge >= 0.3 is 0 Å². The summed E-state index contributed by atoms with van der Waals surface area (Å²) in [5, 5.41) is 12.2. The molecule has 0 atom stereocenters. The number of para-hydroxylation sites is 2. The Morgan fingerprint density at radius 2 is 2.00 bits per heavy atom. The van der Waals surface area contributed by atoms with Gasteiger partial charge in [-0.1, -0.05) is 12.1 Å². The SMILES string of the molecule is Cc1coc(C)c1C(=O)Nc1ccccc1O. The number of aryl methyl sites for hydroxylation is 2. The first-order valence-electron chi connectivity index (χ1n) is 5.23. The number of hydrogen-bond acceptors (Lipinski definition) is 3. The van der Waals surface area contributed by atoms with Crippen molar-refractivity contribution < 1.29 is 14.3 Å². The van der Waals surface area contributed by atoms with E-state index in [0.717, 1.165) is 5.56 Å². The summed E-state index contributed by atoms with van der Waals surface area (Å²) in [6.45, 7) is 3.53. The van der Waals surface area contributed by atoms with Gasteiger partial charge in [0.05, 0.1) is 17.5 Å². The molecule has 0 saturated carbocycles. The van der Waals surface area contributed by atoms with Crippen LogP contribution in [0.25, 0.3) is 0 Å². The van der Waals surface area contributed by atoms with E-state index in [1.165, 1.54) is 12.3 Å². The van der Waals surface area contributed by atoms with Crippen LogP contribution >= 0.6 is 0 Å². The van der Waals surface area contributed by atoms with Crippen LogP contribution < -0.4 is 5.32 Å². The zero-order valence-electron chi connectivity index (χ0n) is 9.65. The molecule has 2 N–H and O–H groups in total. The molecule has 0 spiro atoms. The van der Waals surface area contributed by atoms with Crippen LogP contribution in [0, 0.1) is 13.8 Å². The summed E-state index contributed by atoms with van der Waals surface area (Å²) in [4.78, 5) is 12.0. The number of carbonyl (C=O) groups is 1. The summed E-state index contributed by atoms with van der Waals surface area (Å²) < 4.78 is 5.16. The van der Waals surface area contributed by atoms with Gasteiger partial charge in [-0.2, -0.15) is 0 Å². The summed E-state index contributed by atoms with van der Waals surface area (Å²) in [5.41, 5.74) is 1.67. The van der Waals surface area contributed by atoms with Crippen LogP contribution in [0.5, 0.6) is 5.75 Å². The van der Waals surface area contributed by atoms with Crippen molar-refractivity contribution in [2.24, 2.45) is 0 Å². The zero-order valence-corrected chi connectivity index (χ0v) is 9.65. The van der Waals surface area contributed by atoms with Gasteiger partial charge in [-0.25, -0.2) is 0 Å². The summed E-state index contributed by atoms with van der Waals surface area (Å²) in [6.07, 6.45) is 1.54. The number of amides is 1. The molecule has 0 saturated heterocycles. The molecule has 0 fully saturated rings. The fourth-order valence-corrected chi connectivity index (χ4v) is 1.68. The predicted octanol–water partition coefficient (Wildman–Crippen LogP) is 2.85. The molecule has 4 heteroatoms. The average Bonchev–Trinajstić information content (AvgIpc) is 2.62. The molecular weight excluding hydrogens is 218 g/mol.